The molecule has 3 aromatic rings. The Morgan fingerprint density at radius 1 is 1.20 bits per heavy atom. The number of carbonyl (C=O) groups excluding carboxylic acids is 1. The first-order valence-corrected chi connectivity index (χ1v) is 9.91. The maximum atomic E-state index is 13.4. The van der Waals surface area contributed by atoms with Gasteiger partial charge >= 0.3 is 0 Å². The van der Waals surface area contributed by atoms with Crippen LogP contribution in [-0.4, -0.2) is 41.0 Å². The Morgan fingerprint density at radius 3 is 2.80 bits per heavy atom. The molecule has 0 spiro atoms. The summed E-state index contributed by atoms with van der Waals surface area (Å²) in [5.74, 6) is 0.946. The van der Waals surface area contributed by atoms with Crippen LogP contribution >= 0.6 is 0 Å². The zero-order valence-corrected chi connectivity index (χ0v) is 16.7. The Morgan fingerprint density at radius 2 is 2.03 bits per heavy atom. The highest BCUT2D eigenvalue weighted by atomic mass is 19.1. The van der Waals surface area contributed by atoms with Crippen molar-refractivity contribution < 1.29 is 13.9 Å². The third-order valence-corrected chi connectivity index (χ3v) is 5.22. The smallest absolute Gasteiger partial charge is 0.253 e. The number of hydrogen-bond donors (Lipinski definition) is 1. The van der Waals surface area contributed by atoms with Crippen LogP contribution in [0.1, 0.15) is 34.8 Å². The number of benzene rings is 2. The second kappa shape index (κ2) is 8.90. The molecule has 0 aliphatic carbocycles. The van der Waals surface area contributed by atoms with Gasteiger partial charge in [0, 0.05) is 36.5 Å². The summed E-state index contributed by atoms with van der Waals surface area (Å²) in [6.45, 7) is 1.32. The third-order valence-electron chi connectivity index (χ3n) is 5.22. The van der Waals surface area contributed by atoms with Crippen LogP contribution in [0.3, 0.4) is 0 Å². The normalized spacial score (nSPS) is 16.2. The summed E-state index contributed by atoms with van der Waals surface area (Å²) in [6.07, 6.45) is 3.54. The summed E-state index contributed by atoms with van der Waals surface area (Å²) in [6, 6.07) is 15.2. The molecule has 6 nitrogen and oxygen atoms in total. The minimum atomic E-state index is -0.323. The van der Waals surface area contributed by atoms with Crippen molar-refractivity contribution in [1.29, 1.82) is 0 Å². The fourth-order valence-corrected chi connectivity index (χ4v) is 3.67. The average molecular weight is 406 g/mol. The van der Waals surface area contributed by atoms with E-state index in [4.69, 9.17) is 4.74 Å². The number of likely N-dealkylation sites (tertiary alicyclic amines) is 1. The predicted octanol–water partition coefficient (Wildman–Crippen LogP) is 4.39. The molecule has 0 radical (unpaired) electrons. The van der Waals surface area contributed by atoms with Crippen molar-refractivity contribution in [1.82, 2.24) is 14.9 Å². The van der Waals surface area contributed by atoms with Crippen molar-refractivity contribution >= 4 is 17.5 Å². The molecule has 154 valence electrons. The van der Waals surface area contributed by atoms with Gasteiger partial charge in [-0.25, -0.2) is 14.4 Å². The van der Waals surface area contributed by atoms with Gasteiger partial charge in [0.2, 0.25) is 5.95 Å². The van der Waals surface area contributed by atoms with Crippen molar-refractivity contribution in [2.45, 2.75) is 18.8 Å². The quantitative estimate of drug-likeness (QED) is 0.681. The van der Waals surface area contributed by atoms with Crippen LogP contribution < -0.4 is 10.1 Å². The molecule has 1 saturated heterocycles. The van der Waals surface area contributed by atoms with Gasteiger partial charge in [-0.1, -0.05) is 6.07 Å². The van der Waals surface area contributed by atoms with Crippen LogP contribution in [0.15, 0.2) is 60.8 Å². The number of amides is 1. The Labute approximate surface area is 174 Å². The van der Waals surface area contributed by atoms with Crippen molar-refractivity contribution in [3.63, 3.8) is 0 Å². The lowest BCUT2D eigenvalue weighted by Crippen LogP contribution is -2.39. The van der Waals surface area contributed by atoms with Crippen LogP contribution in [0.2, 0.25) is 0 Å². The number of carbonyl (C=O) groups is 1. The molecule has 1 N–H and O–H groups in total. The van der Waals surface area contributed by atoms with E-state index in [9.17, 15) is 9.18 Å². The number of hydrogen-bond acceptors (Lipinski definition) is 5. The second-order valence-electron chi connectivity index (χ2n) is 7.26. The topological polar surface area (TPSA) is 67.3 Å². The lowest BCUT2D eigenvalue weighted by molar-refractivity contribution is 0.0706. The number of methoxy groups -OCH3 is 1. The van der Waals surface area contributed by atoms with Gasteiger partial charge in [0.15, 0.2) is 0 Å². The second-order valence-corrected chi connectivity index (χ2v) is 7.26. The van der Waals surface area contributed by atoms with E-state index in [1.807, 2.05) is 11.0 Å². The molecule has 0 saturated carbocycles. The number of piperidine rings is 1. The molecule has 1 aromatic heterocycles. The Kier molecular flexibility index (Phi) is 5.88. The van der Waals surface area contributed by atoms with Gasteiger partial charge in [-0.15, -0.1) is 0 Å². The van der Waals surface area contributed by atoms with E-state index in [1.165, 1.54) is 12.1 Å². The monoisotopic (exact) mass is 406 g/mol. The first-order valence-electron chi connectivity index (χ1n) is 9.91. The van der Waals surface area contributed by atoms with E-state index in [2.05, 4.69) is 15.3 Å². The fourth-order valence-electron chi connectivity index (χ4n) is 3.67. The van der Waals surface area contributed by atoms with E-state index >= 15 is 0 Å². The Hall–Kier alpha value is -3.48. The first-order chi connectivity index (χ1) is 14.6. The van der Waals surface area contributed by atoms with E-state index in [0.717, 1.165) is 30.8 Å². The highest BCUT2D eigenvalue weighted by molar-refractivity contribution is 5.94. The molecule has 0 unspecified atom stereocenters. The van der Waals surface area contributed by atoms with Gasteiger partial charge in [-0.2, -0.15) is 0 Å². The third kappa shape index (κ3) is 4.56. The maximum absolute atomic E-state index is 13.4. The average Bonchev–Trinajstić information content (AvgIpc) is 2.79. The molecule has 1 amide bonds. The summed E-state index contributed by atoms with van der Waals surface area (Å²) in [4.78, 5) is 23.6. The molecule has 30 heavy (non-hydrogen) atoms. The highest BCUT2D eigenvalue weighted by Crippen LogP contribution is 2.27. The molecular formula is C23H23FN4O2. The fraction of sp³-hybridized carbons (Fsp3) is 0.261. The molecule has 4 rings (SSSR count). The van der Waals surface area contributed by atoms with Crippen LogP contribution in [-0.2, 0) is 0 Å². The summed E-state index contributed by atoms with van der Waals surface area (Å²) in [5, 5.41) is 3.04. The zero-order valence-electron chi connectivity index (χ0n) is 16.7. The SMILES string of the molecule is COc1ccc(C(=O)N2CCC[C@@H](c3ccnc(Nc4cccc(F)c4)n3)C2)cc1. The first kappa shape index (κ1) is 19.8. The van der Waals surface area contributed by atoms with Gasteiger partial charge in [-0.3, -0.25) is 4.79 Å². The summed E-state index contributed by atoms with van der Waals surface area (Å²) in [7, 11) is 1.60. The van der Waals surface area contributed by atoms with Gasteiger partial charge in [0.25, 0.3) is 5.91 Å². The molecular weight excluding hydrogens is 383 g/mol. The molecule has 1 aliphatic heterocycles. The van der Waals surface area contributed by atoms with E-state index in [1.54, 1.807) is 49.7 Å². The molecule has 2 heterocycles. The van der Waals surface area contributed by atoms with Crippen molar-refractivity contribution in [2.24, 2.45) is 0 Å². The van der Waals surface area contributed by atoms with E-state index in [-0.39, 0.29) is 17.6 Å². The lowest BCUT2D eigenvalue weighted by atomic mass is 9.94. The molecule has 0 bridgehead atoms. The number of nitrogens with one attached hydrogen (secondary N) is 1. The lowest BCUT2D eigenvalue weighted by Gasteiger charge is -2.32. The molecule has 1 atom stereocenters. The Balaban J connectivity index is 1.47. The predicted molar refractivity (Wildman–Crippen MR) is 113 cm³/mol. The highest BCUT2D eigenvalue weighted by Gasteiger charge is 2.26. The van der Waals surface area contributed by atoms with Crippen molar-refractivity contribution in [2.75, 3.05) is 25.5 Å². The molecule has 1 aliphatic rings. The number of aromatic nitrogens is 2. The van der Waals surface area contributed by atoms with Gasteiger partial charge in [0.1, 0.15) is 11.6 Å². The minimum Gasteiger partial charge on any atom is -0.497 e. The van der Waals surface area contributed by atoms with Crippen molar-refractivity contribution in [3.8, 4) is 5.75 Å². The summed E-state index contributed by atoms with van der Waals surface area (Å²) in [5.41, 5.74) is 2.11. The number of anilines is 2. The molecule has 2 aromatic carbocycles. The number of halogens is 1. The van der Waals surface area contributed by atoms with Crippen LogP contribution in [0.4, 0.5) is 16.0 Å². The van der Waals surface area contributed by atoms with E-state index in [0.29, 0.717) is 23.7 Å². The van der Waals surface area contributed by atoms with E-state index < -0.39 is 0 Å². The standard InChI is InChI=1S/C23H23FN4O2/c1-30-20-9-7-16(8-10-20)22(29)28-13-3-4-17(15-28)21-11-12-25-23(27-21)26-19-6-2-5-18(24)14-19/h2,5-12,14,17H,3-4,13,15H2,1H3,(H,25,26,27)/t17-/m1/s1. The number of nitrogens with zero attached hydrogens (tertiary/aromatic N) is 3. The van der Waals surface area contributed by atoms with Crippen LogP contribution in [0.25, 0.3) is 0 Å². The van der Waals surface area contributed by atoms with Gasteiger partial charge in [-0.05, 0) is 61.4 Å². The molecule has 7 heteroatoms. The van der Waals surface area contributed by atoms with Crippen molar-refractivity contribution in [3.05, 3.63) is 77.9 Å². The van der Waals surface area contributed by atoms with Gasteiger partial charge < -0.3 is 15.0 Å². The summed E-state index contributed by atoms with van der Waals surface area (Å²) >= 11 is 0. The number of ether oxygens (including phenoxy) is 1. The summed E-state index contributed by atoms with van der Waals surface area (Å²) < 4.78 is 18.6. The molecule has 1 fully saturated rings. The van der Waals surface area contributed by atoms with Gasteiger partial charge in [0.05, 0.1) is 12.8 Å². The largest absolute Gasteiger partial charge is 0.497 e. The van der Waals surface area contributed by atoms with Crippen LogP contribution in [0, 0.1) is 5.82 Å². The maximum Gasteiger partial charge on any atom is 0.253 e. The van der Waals surface area contributed by atoms with Crippen LogP contribution in [0.5, 0.6) is 5.75 Å². The minimum absolute atomic E-state index is 0.00881. The Bertz CT molecular complexity index is 1030. The number of rotatable bonds is 5. The zero-order chi connectivity index (χ0) is 20.9.